The van der Waals surface area contributed by atoms with Gasteiger partial charge in [-0.1, -0.05) is 13.8 Å². The first kappa shape index (κ1) is 15.4. The fraction of sp³-hybridized carbons (Fsp3) is 0.714. The molecule has 0 fully saturated rings. The first-order valence-corrected chi connectivity index (χ1v) is 8.44. The summed E-state index contributed by atoms with van der Waals surface area (Å²) in [6, 6.07) is -0.402. The molecule has 0 aromatic carbocycles. The minimum Gasteiger partial charge on any atom is -0.445 e. The quantitative estimate of drug-likeness (QED) is 0.896. The number of hydrogen-bond donors (Lipinski definition) is 1. The summed E-state index contributed by atoms with van der Waals surface area (Å²) in [6.45, 7) is 5.31. The predicted molar refractivity (Wildman–Crippen MR) is 80.7 cm³/mol. The molecule has 0 unspecified atom stereocenters. The van der Waals surface area contributed by atoms with Crippen LogP contribution in [0.1, 0.15) is 43.5 Å². The topological polar surface area (TPSA) is 72.4 Å². The van der Waals surface area contributed by atoms with Gasteiger partial charge in [-0.15, -0.1) is 0 Å². The lowest BCUT2D eigenvalue weighted by Gasteiger charge is -2.27. The summed E-state index contributed by atoms with van der Waals surface area (Å²) in [6.07, 6.45) is 3.47. The van der Waals surface area contributed by atoms with Crippen LogP contribution in [0.3, 0.4) is 0 Å². The van der Waals surface area contributed by atoms with Crippen molar-refractivity contribution in [2.24, 2.45) is 5.73 Å². The summed E-state index contributed by atoms with van der Waals surface area (Å²) in [7, 11) is 0. The Morgan fingerprint density at radius 2 is 2.30 bits per heavy atom. The molecule has 0 radical (unpaired) electrons. The molecule has 20 heavy (non-hydrogen) atoms. The van der Waals surface area contributed by atoms with Crippen molar-refractivity contribution in [3.63, 3.8) is 0 Å². The number of fused-ring (bicyclic) bond motifs is 1. The molecule has 1 atom stereocenters. The number of rotatable bonds is 5. The van der Waals surface area contributed by atoms with Crippen molar-refractivity contribution in [2.45, 2.75) is 45.2 Å². The van der Waals surface area contributed by atoms with Gasteiger partial charge in [-0.2, -0.15) is 11.8 Å². The smallest absolute Gasteiger partial charge is 0.239 e. The fourth-order valence-corrected chi connectivity index (χ4v) is 2.75. The third-order valence-electron chi connectivity index (χ3n) is 3.50. The molecule has 2 rings (SSSR count). The Bertz CT molecular complexity index is 473. The van der Waals surface area contributed by atoms with Crippen LogP contribution < -0.4 is 5.73 Å². The molecule has 1 aliphatic heterocycles. The van der Waals surface area contributed by atoms with Crippen molar-refractivity contribution in [1.82, 2.24) is 9.88 Å². The highest BCUT2D eigenvalue weighted by Crippen LogP contribution is 2.24. The zero-order valence-electron chi connectivity index (χ0n) is 12.4. The normalized spacial score (nSPS) is 16.4. The molecule has 1 aliphatic rings. The number of nitrogens with zero attached hydrogens (tertiary/aromatic N) is 2. The summed E-state index contributed by atoms with van der Waals surface area (Å²) in [5.41, 5.74) is 6.85. The predicted octanol–water partition coefficient (Wildman–Crippen LogP) is 1.76. The van der Waals surface area contributed by atoms with E-state index in [1.165, 1.54) is 0 Å². The summed E-state index contributed by atoms with van der Waals surface area (Å²) in [5.74, 6) is 2.90. The summed E-state index contributed by atoms with van der Waals surface area (Å²) >= 11 is 1.71. The Labute approximate surface area is 124 Å². The van der Waals surface area contributed by atoms with Crippen molar-refractivity contribution in [3.8, 4) is 0 Å². The number of carbonyl (C=O) groups excluding carboxylic acids is 1. The van der Waals surface area contributed by atoms with E-state index in [0.717, 1.165) is 35.9 Å². The fourth-order valence-electron chi connectivity index (χ4n) is 2.26. The van der Waals surface area contributed by atoms with E-state index in [-0.39, 0.29) is 11.8 Å². The van der Waals surface area contributed by atoms with E-state index in [1.54, 1.807) is 16.7 Å². The molecule has 0 bridgehead atoms. The minimum atomic E-state index is -0.402. The molecule has 5 nitrogen and oxygen atoms in total. The maximum absolute atomic E-state index is 12.3. The van der Waals surface area contributed by atoms with Crippen LogP contribution in [0.5, 0.6) is 0 Å². The van der Waals surface area contributed by atoms with E-state index < -0.39 is 6.04 Å². The molecular formula is C14H23N3O2S. The molecule has 0 saturated heterocycles. The van der Waals surface area contributed by atoms with E-state index in [0.29, 0.717) is 13.1 Å². The third-order valence-corrected chi connectivity index (χ3v) is 4.14. The molecular weight excluding hydrogens is 274 g/mol. The average molecular weight is 297 g/mol. The van der Waals surface area contributed by atoms with E-state index in [4.69, 9.17) is 10.2 Å². The van der Waals surface area contributed by atoms with Crippen LogP contribution >= 0.6 is 11.8 Å². The number of amides is 1. The first-order chi connectivity index (χ1) is 9.52. The van der Waals surface area contributed by atoms with Gasteiger partial charge in [0.25, 0.3) is 0 Å². The van der Waals surface area contributed by atoms with Crippen LogP contribution in [-0.4, -0.2) is 40.4 Å². The van der Waals surface area contributed by atoms with Gasteiger partial charge in [0.1, 0.15) is 11.5 Å². The number of aromatic nitrogens is 1. The lowest BCUT2D eigenvalue weighted by Crippen LogP contribution is -2.46. The zero-order chi connectivity index (χ0) is 14.7. The van der Waals surface area contributed by atoms with Gasteiger partial charge in [0.15, 0.2) is 5.89 Å². The Morgan fingerprint density at radius 1 is 1.55 bits per heavy atom. The molecule has 1 aromatic heterocycles. The van der Waals surface area contributed by atoms with Crippen LogP contribution in [0.25, 0.3) is 0 Å². The van der Waals surface area contributed by atoms with E-state index in [2.05, 4.69) is 18.8 Å². The van der Waals surface area contributed by atoms with E-state index in [9.17, 15) is 4.79 Å². The van der Waals surface area contributed by atoms with Crippen LogP contribution in [0, 0.1) is 0 Å². The molecule has 0 aliphatic carbocycles. The first-order valence-electron chi connectivity index (χ1n) is 7.04. The van der Waals surface area contributed by atoms with E-state index >= 15 is 0 Å². The molecule has 1 aromatic rings. The van der Waals surface area contributed by atoms with Gasteiger partial charge in [-0.3, -0.25) is 4.79 Å². The SMILES string of the molecule is CSCC[C@H](N)C(=O)N1CCc2oc(C(C)C)nc2C1. The number of nitrogens with two attached hydrogens (primary N) is 1. The Hall–Kier alpha value is -1.01. The van der Waals surface area contributed by atoms with Crippen molar-refractivity contribution in [2.75, 3.05) is 18.6 Å². The second-order valence-electron chi connectivity index (χ2n) is 5.47. The molecule has 112 valence electrons. The second kappa shape index (κ2) is 6.63. The number of thioether (sulfide) groups is 1. The maximum Gasteiger partial charge on any atom is 0.239 e. The molecule has 1 amide bonds. The lowest BCUT2D eigenvalue weighted by atomic mass is 10.1. The molecule has 0 spiro atoms. The van der Waals surface area contributed by atoms with Crippen molar-refractivity contribution in [3.05, 3.63) is 17.3 Å². The highest BCUT2D eigenvalue weighted by Gasteiger charge is 2.28. The molecule has 2 heterocycles. The van der Waals surface area contributed by atoms with Crippen LogP contribution in [-0.2, 0) is 17.8 Å². The molecule has 6 heteroatoms. The minimum absolute atomic E-state index is 0.0267. The average Bonchev–Trinajstić information content (AvgIpc) is 2.87. The maximum atomic E-state index is 12.3. The standard InChI is InChI=1S/C14H23N3O2S/c1-9(2)13-16-11-8-17(6-4-12(11)19-13)14(18)10(15)5-7-20-3/h9-10H,4-8,15H2,1-3H3/t10-/m0/s1. The second-order valence-corrected chi connectivity index (χ2v) is 6.46. The summed E-state index contributed by atoms with van der Waals surface area (Å²) < 4.78 is 5.74. The largest absolute Gasteiger partial charge is 0.445 e. The Kier molecular flexibility index (Phi) is 5.10. The van der Waals surface area contributed by atoms with Gasteiger partial charge in [0.05, 0.1) is 12.6 Å². The third kappa shape index (κ3) is 3.35. The Morgan fingerprint density at radius 3 is 2.95 bits per heavy atom. The monoisotopic (exact) mass is 297 g/mol. The van der Waals surface area contributed by atoms with Crippen LogP contribution in [0.2, 0.25) is 0 Å². The molecule has 0 saturated carbocycles. The van der Waals surface area contributed by atoms with Gasteiger partial charge < -0.3 is 15.1 Å². The lowest BCUT2D eigenvalue weighted by molar-refractivity contribution is -0.133. The van der Waals surface area contributed by atoms with E-state index in [1.807, 2.05) is 6.26 Å². The van der Waals surface area contributed by atoms with Crippen molar-refractivity contribution >= 4 is 17.7 Å². The van der Waals surface area contributed by atoms with Gasteiger partial charge >= 0.3 is 0 Å². The van der Waals surface area contributed by atoms with Crippen molar-refractivity contribution in [1.29, 1.82) is 0 Å². The number of hydrogen-bond acceptors (Lipinski definition) is 5. The molecule has 2 N–H and O–H groups in total. The highest BCUT2D eigenvalue weighted by molar-refractivity contribution is 7.98. The summed E-state index contributed by atoms with van der Waals surface area (Å²) in [4.78, 5) is 18.6. The van der Waals surface area contributed by atoms with Crippen LogP contribution in [0.4, 0.5) is 0 Å². The van der Waals surface area contributed by atoms with Gasteiger partial charge in [0, 0.05) is 18.9 Å². The summed E-state index contributed by atoms with van der Waals surface area (Å²) in [5, 5.41) is 0. The van der Waals surface area contributed by atoms with Gasteiger partial charge in [-0.05, 0) is 18.4 Å². The van der Waals surface area contributed by atoms with Gasteiger partial charge in [-0.25, -0.2) is 4.98 Å². The highest BCUT2D eigenvalue weighted by atomic mass is 32.2. The number of carbonyl (C=O) groups is 1. The Balaban J connectivity index is 2.01. The van der Waals surface area contributed by atoms with Crippen LogP contribution in [0.15, 0.2) is 4.42 Å². The zero-order valence-corrected chi connectivity index (χ0v) is 13.2. The number of oxazole rings is 1. The van der Waals surface area contributed by atoms with Gasteiger partial charge in [0.2, 0.25) is 5.91 Å². The van der Waals surface area contributed by atoms with Crippen molar-refractivity contribution < 1.29 is 9.21 Å².